The van der Waals surface area contributed by atoms with Crippen LogP contribution in [-0.4, -0.2) is 6.04 Å². The van der Waals surface area contributed by atoms with Crippen LogP contribution in [0.2, 0.25) is 0 Å². The van der Waals surface area contributed by atoms with E-state index in [1.54, 1.807) is 0 Å². The second-order valence-corrected chi connectivity index (χ2v) is 6.00. The first-order chi connectivity index (χ1) is 8.24. The minimum absolute atomic E-state index is 0.499. The molecular formula is C16H23N. The van der Waals surface area contributed by atoms with Gasteiger partial charge in [0, 0.05) is 12.1 Å². The van der Waals surface area contributed by atoms with Crippen LogP contribution in [0.5, 0.6) is 0 Å². The fraction of sp³-hybridized carbons (Fsp3) is 0.625. The molecule has 0 heterocycles. The standard InChI is InChI=1S/C16H23N/c1-11-5-3-6-13(9-11)12(2)17-16-8-4-7-14-10-15(14)16/h3,5-6,9,12,14-17H,4,7-8,10H2,1-2H3/t12-,14+,15-,16?/m1/s1. The SMILES string of the molecule is Cc1cccc([C@@H](C)NC2CCC[C@H]3C[C@@H]23)c1. The Bertz CT molecular complexity index is 398. The lowest BCUT2D eigenvalue weighted by molar-refractivity contribution is 0.329. The molecule has 1 unspecified atom stereocenters. The van der Waals surface area contributed by atoms with Crippen molar-refractivity contribution in [3.05, 3.63) is 35.4 Å². The van der Waals surface area contributed by atoms with Gasteiger partial charge in [-0.2, -0.15) is 0 Å². The summed E-state index contributed by atoms with van der Waals surface area (Å²) in [4.78, 5) is 0. The van der Waals surface area contributed by atoms with Gasteiger partial charge in [0.25, 0.3) is 0 Å². The molecule has 0 aromatic heterocycles. The van der Waals surface area contributed by atoms with Crippen LogP contribution in [0.4, 0.5) is 0 Å². The molecule has 0 radical (unpaired) electrons. The average molecular weight is 229 g/mol. The van der Waals surface area contributed by atoms with Crippen molar-refractivity contribution < 1.29 is 0 Å². The summed E-state index contributed by atoms with van der Waals surface area (Å²) >= 11 is 0. The number of benzene rings is 1. The summed E-state index contributed by atoms with van der Waals surface area (Å²) in [6, 6.07) is 10.2. The van der Waals surface area contributed by atoms with Crippen LogP contribution in [0, 0.1) is 18.8 Å². The number of hydrogen-bond donors (Lipinski definition) is 1. The van der Waals surface area contributed by atoms with Crippen LogP contribution < -0.4 is 5.32 Å². The summed E-state index contributed by atoms with van der Waals surface area (Å²) in [6.07, 6.45) is 5.79. The van der Waals surface area contributed by atoms with Crippen molar-refractivity contribution in [3.63, 3.8) is 0 Å². The average Bonchev–Trinajstić information content (AvgIpc) is 3.09. The molecule has 17 heavy (non-hydrogen) atoms. The Morgan fingerprint density at radius 1 is 1.29 bits per heavy atom. The zero-order valence-corrected chi connectivity index (χ0v) is 10.9. The molecule has 2 aliphatic rings. The van der Waals surface area contributed by atoms with E-state index in [0.29, 0.717) is 6.04 Å². The summed E-state index contributed by atoms with van der Waals surface area (Å²) < 4.78 is 0. The summed E-state index contributed by atoms with van der Waals surface area (Å²) in [7, 11) is 0. The molecule has 0 amide bonds. The van der Waals surface area contributed by atoms with E-state index >= 15 is 0 Å². The molecule has 0 saturated heterocycles. The quantitative estimate of drug-likeness (QED) is 0.830. The molecule has 1 nitrogen and oxygen atoms in total. The highest BCUT2D eigenvalue weighted by Gasteiger charge is 2.45. The van der Waals surface area contributed by atoms with Crippen LogP contribution in [0.15, 0.2) is 24.3 Å². The van der Waals surface area contributed by atoms with E-state index in [0.717, 1.165) is 17.9 Å². The zero-order valence-electron chi connectivity index (χ0n) is 10.9. The van der Waals surface area contributed by atoms with Gasteiger partial charge < -0.3 is 5.32 Å². The first-order valence-corrected chi connectivity index (χ1v) is 7.06. The van der Waals surface area contributed by atoms with Crippen LogP contribution in [-0.2, 0) is 0 Å². The summed E-state index contributed by atoms with van der Waals surface area (Å²) in [6.45, 7) is 4.48. The van der Waals surface area contributed by atoms with Crippen molar-refractivity contribution in [2.75, 3.05) is 0 Å². The smallest absolute Gasteiger partial charge is 0.0294 e. The Balaban J connectivity index is 1.64. The maximum atomic E-state index is 3.85. The maximum absolute atomic E-state index is 3.85. The number of nitrogens with one attached hydrogen (secondary N) is 1. The van der Waals surface area contributed by atoms with Gasteiger partial charge in [0.05, 0.1) is 0 Å². The second kappa shape index (κ2) is 4.45. The van der Waals surface area contributed by atoms with Gasteiger partial charge in [-0.25, -0.2) is 0 Å². The number of aryl methyl sites for hydroxylation is 1. The highest BCUT2D eigenvalue weighted by molar-refractivity contribution is 5.24. The highest BCUT2D eigenvalue weighted by Crippen LogP contribution is 2.49. The van der Waals surface area contributed by atoms with Gasteiger partial charge in [0.2, 0.25) is 0 Å². The maximum Gasteiger partial charge on any atom is 0.0294 e. The van der Waals surface area contributed by atoms with Gasteiger partial charge in [0.15, 0.2) is 0 Å². The van der Waals surface area contributed by atoms with E-state index in [-0.39, 0.29) is 0 Å². The van der Waals surface area contributed by atoms with Gasteiger partial charge in [-0.05, 0) is 44.1 Å². The van der Waals surface area contributed by atoms with Crippen LogP contribution in [0.3, 0.4) is 0 Å². The lowest BCUT2D eigenvalue weighted by Gasteiger charge is -2.27. The Morgan fingerprint density at radius 2 is 2.18 bits per heavy atom. The van der Waals surface area contributed by atoms with Crippen molar-refractivity contribution in [1.29, 1.82) is 0 Å². The van der Waals surface area contributed by atoms with Crippen molar-refractivity contribution in [3.8, 4) is 0 Å². The van der Waals surface area contributed by atoms with Gasteiger partial charge in [-0.3, -0.25) is 0 Å². The molecule has 0 aliphatic heterocycles. The van der Waals surface area contributed by atoms with Crippen molar-refractivity contribution >= 4 is 0 Å². The Morgan fingerprint density at radius 3 is 3.00 bits per heavy atom. The molecule has 1 heteroatoms. The van der Waals surface area contributed by atoms with Gasteiger partial charge in [0.1, 0.15) is 0 Å². The number of fused-ring (bicyclic) bond motifs is 1. The molecule has 2 saturated carbocycles. The van der Waals surface area contributed by atoms with Crippen molar-refractivity contribution in [2.24, 2.45) is 11.8 Å². The van der Waals surface area contributed by atoms with E-state index in [4.69, 9.17) is 0 Å². The predicted octanol–water partition coefficient (Wildman–Crippen LogP) is 3.83. The molecule has 1 aromatic rings. The molecule has 2 fully saturated rings. The monoisotopic (exact) mass is 229 g/mol. The summed E-state index contributed by atoms with van der Waals surface area (Å²) in [5, 5.41) is 3.85. The molecule has 2 aliphatic carbocycles. The topological polar surface area (TPSA) is 12.0 Å². The molecular weight excluding hydrogens is 206 g/mol. The first kappa shape index (κ1) is 11.3. The first-order valence-electron chi connectivity index (χ1n) is 7.06. The van der Waals surface area contributed by atoms with E-state index in [2.05, 4.69) is 43.4 Å². The third-order valence-corrected chi connectivity index (χ3v) is 4.59. The largest absolute Gasteiger partial charge is 0.307 e. The minimum atomic E-state index is 0.499. The Labute approximate surface area is 105 Å². The van der Waals surface area contributed by atoms with E-state index < -0.39 is 0 Å². The second-order valence-electron chi connectivity index (χ2n) is 6.00. The van der Waals surface area contributed by atoms with Crippen LogP contribution in [0.1, 0.15) is 49.8 Å². The molecule has 4 atom stereocenters. The van der Waals surface area contributed by atoms with E-state index in [1.807, 2.05) is 0 Å². The molecule has 3 rings (SSSR count). The fourth-order valence-electron chi connectivity index (χ4n) is 3.47. The van der Waals surface area contributed by atoms with Gasteiger partial charge >= 0.3 is 0 Å². The van der Waals surface area contributed by atoms with Crippen molar-refractivity contribution in [1.82, 2.24) is 5.32 Å². The Hall–Kier alpha value is -0.820. The zero-order chi connectivity index (χ0) is 11.8. The molecule has 92 valence electrons. The van der Waals surface area contributed by atoms with Gasteiger partial charge in [-0.1, -0.05) is 42.7 Å². The van der Waals surface area contributed by atoms with Crippen molar-refractivity contribution in [2.45, 2.75) is 51.6 Å². The lowest BCUT2D eigenvalue weighted by atomic mass is 9.94. The Kier molecular flexibility index (Phi) is 2.96. The third-order valence-electron chi connectivity index (χ3n) is 4.59. The van der Waals surface area contributed by atoms with Crippen LogP contribution >= 0.6 is 0 Å². The highest BCUT2D eigenvalue weighted by atomic mass is 15.0. The normalized spacial score (nSPS) is 32.9. The number of rotatable bonds is 3. The lowest BCUT2D eigenvalue weighted by Crippen LogP contribution is -2.35. The van der Waals surface area contributed by atoms with Crippen LogP contribution in [0.25, 0.3) is 0 Å². The molecule has 0 spiro atoms. The molecule has 1 N–H and O–H groups in total. The third kappa shape index (κ3) is 2.40. The van der Waals surface area contributed by atoms with E-state index in [1.165, 1.54) is 36.8 Å². The van der Waals surface area contributed by atoms with Gasteiger partial charge in [-0.15, -0.1) is 0 Å². The van der Waals surface area contributed by atoms with E-state index in [9.17, 15) is 0 Å². The fourth-order valence-corrected chi connectivity index (χ4v) is 3.47. The summed E-state index contributed by atoms with van der Waals surface area (Å²) in [5.41, 5.74) is 2.80. The number of hydrogen-bond acceptors (Lipinski definition) is 1. The minimum Gasteiger partial charge on any atom is -0.307 e. The molecule has 1 aromatic carbocycles. The summed E-state index contributed by atoms with van der Waals surface area (Å²) in [5.74, 6) is 2.06. The predicted molar refractivity (Wildman–Crippen MR) is 72.0 cm³/mol. The molecule has 0 bridgehead atoms.